The van der Waals surface area contributed by atoms with Crippen molar-refractivity contribution in [3.8, 4) is 0 Å². The molecule has 1 N–H and O–H groups in total. The lowest BCUT2D eigenvalue weighted by Gasteiger charge is -2.28. The van der Waals surface area contributed by atoms with E-state index in [2.05, 4.69) is 14.6 Å². The van der Waals surface area contributed by atoms with Gasteiger partial charge < -0.3 is 14.5 Å². The second-order valence-electron chi connectivity index (χ2n) is 4.67. The molecule has 0 amide bonds. The van der Waals surface area contributed by atoms with Gasteiger partial charge in [-0.3, -0.25) is 0 Å². The summed E-state index contributed by atoms with van der Waals surface area (Å²) in [4.78, 5) is 9.17. The maximum Gasteiger partial charge on any atom is 0.282 e. The van der Waals surface area contributed by atoms with E-state index in [1.54, 1.807) is 18.7 Å². The summed E-state index contributed by atoms with van der Waals surface area (Å²) in [6, 6.07) is 0. The molecule has 2 unspecified atom stereocenters. The van der Waals surface area contributed by atoms with E-state index in [1.165, 1.54) is 17.7 Å². The van der Waals surface area contributed by atoms with Crippen molar-refractivity contribution in [2.24, 2.45) is 0 Å². The summed E-state index contributed by atoms with van der Waals surface area (Å²) in [5, 5.41) is 14.4. The molecule has 0 aromatic carbocycles. The number of hydrogen-bond donors (Lipinski definition) is 1. The lowest BCUT2D eigenvalue weighted by molar-refractivity contribution is -0.229. The standard InChI is InChI=1S/C13H17BN2O3S2/c1-4-8(5-18-14)19-13(2,17)11-10-9(6-21-11)12(20-3)16-7-15-10/h6-8,17H,4-5H2,1-3H3. The van der Waals surface area contributed by atoms with Crippen LogP contribution >= 0.6 is 23.1 Å². The van der Waals surface area contributed by atoms with Crippen LogP contribution in [0.25, 0.3) is 10.9 Å². The average Bonchev–Trinajstić information content (AvgIpc) is 2.91. The Morgan fingerprint density at radius 3 is 2.90 bits per heavy atom. The fourth-order valence-electron chi connectivity index (χ4n) is 2.05. The minimum Gasteiger partial charge on any atom is -0.445 e. The van der Waals surface area contributed by atoms with Gasteiger partial charge in [0, 0.05) is 10.8 Å². The first-order valence-corrected chi connectivity index (χ1v) is 8.62. The molecule has 0 aliphatic rings. The summed E-state index contributed by atoms with van der Waals surface area (Å²) < 4.78 is 10.4. The van der Waals surface area contributed by atoms with Gasteiger partial charge in [-0.2, -0.15) is 0 Å². The lowest BCUT2D eigenvalue weighted by atomic mass is 10.2. The molecule has 0 saturated carbocycles. The first-order chi connectivity index (χ1) is 10.0. The Morgan fingerprint density at radius 1 is 1.52 bits per heavy atom. The molecule has 0 spiro atoms. The second kappa shape index (κ2) is 7.06. The van der Waals surface area contributed by atoms with Gasteiger partial charge in [-0.15, -0.1) is 23.1 Å². The van der Waals surface area contributed by atoms with Crippen molar-refractivity contribution in [2.45, 2.75) is 37.2 Å². The van der Waals surface area contributed by atoms with Crippen molar-refractivity contribution in [1.29, 1.82) is 0 Å². The van der Waals surface area contributed by atoms with E-state index >= 15 is 0 Å². The van der Waals surface area contributed by atoms with Crippen molar-refractivity contribution in [2.75, 3.05) is 12.9 Å². The quantitative estimate of drug-likeness (QED) is 0.365. The van der Waals surface area contributed by atoms with Gasteiger partial charge in [0.25, 0.3) is 8.05 Å². The maximum absolute atomic E-state index is 10.7. The smallest absolute Gasteiger partial charge is 0.282 e. The van der Waals surface area contributed by atoms with Crippen molar-refractivity contribution < 1.29 is 14.5 Å². The third kappa shape index (κ3) is 3.57. The van der Waals surface area contributed by atoms with Crippen molar-refractivity contribution in [3.63, 3.8) is 0 Å². The zero-order chi connectivity index (χ0) is 15.5. The van der Waals surface area contributed by atoms with Crippen LogP contribution in [-0.2, 0) is 15.2 Å². The molecule has 0 aliphatic heterocycles. The van der Waals surface area contributed by atoms with Crippen LogP contribution in [0.2, 0.25) is 0 Å². The van der Waals surface area contributed by atoms with Gasteiger partial charge in [-0.1, -0.05) is 6.92 Å². The molecular weight excluding hydrogens is 307 g/mol. The molecule has 2 heterocycles. The number of thiophene rings is 1. The summed E-state index contributed by atoms with van der Waals surface area (Å²) in [6.07, 6.45) is 3.85. The highest BCUT2D eigenvalue weighted by atomic mass is 32.2. The van der Waals surface area contributed by atoms with E-state index in [0.29, 0.717) is 16.8 Å². The van der Waals surface area contributed by atoms with Crippen LogP contribution in [0.5, 0.6) is 0 Å². The summed E-state index contributed by atoms with van der Waals surface area (Å²) >= 11 is 2.95. The van der Waals surface area contributed by atoms with Crippen LogP contribution in [0, 0.1) is 0 Å². The van der Waals surface area contributed by atoms with E-state index in [4.69, 9.17) is 12.8 Å². The molecule has 0 saturated heterocycles. The Kier molecular flexibility index (Phi) is 5.62. The summed E-state index contributed by atoms with van der Waals surface area (Å²) in [7, 11) is 5.09. The summed E-state index contributed by atoms with van der Waals surface area (Å²) in [5.74, 6) is -1.45. The molecule has 0 fully saturated rings. The molecule has 2 radical (unpaired) electrons. The molecule has 2 aromatic heterocycles. The normalized spacial score (nSPS) is 16.0. The van der Waals surface area contributed by atoms with Crippen LogP contribution in [0.3, 0.4) is 0 Å². The maximum atomic E-state index is 10.7. The lowest BCUT2D eigenvalue weighted by Crippen LogP contribution is -2.32. The fraction of sp³-hybridized carbons (Fsp3) is 0.538. The predicted octanol–water partition coefficient (Wildman–Crippen LogP) is 2.47. The molecule has 8 heteroatoms. The van der Waals surface area contributed by atoms with Crippen LogP contribution in [0.1, 0.15) is 25.1 Å². The van der Waals surface area contributed by atoms with Gasteiger partial charge in [0.1, 0.15) is 11.4 Å². The second-order valence-corrected chi connectivity index (χ2v) is 6.35. The summed E-state index contributed by atoms with van der Waals surface area (Å²) in [6.45, 7) is 3.78. The van der Waals surface area contributed by atoms with E-state index in [-0.39, 0.29) is 12.7 Å². The average molecular weight is 324 g/mol. The molecule has 5 nitrogen and oxygen atoms in total. The Bertz CT molecular complexity index is 606. The number of ether oxygens (including phenoxy) is 1. The number of hydrogen-bond acceptors (Lipinski definition) is 7. The van der Waals surface area contributed by atoms with Gasteiger partial charge in [-0.05, 0) is 19.6 Å². The minimum absolute atomic E-state index is 0.223. The Hall–Kier alpha value is -0.665. The van der Waals surface area contributed by atoms with Crippen LogP contribution in [0.15, 0.2) is 16.7 Å². The van der Waals surface area contributed by atoms with Gasteiger partial charge in [-0.25, -0.2) is 9.97 Å². The van der Waals surface area contributed by atoms with E-state index in [9.17, 15) is 5.11 Å². The Labute approximate surface area is 133 Å². The van der Waals surface area contributed by atoms with Gasteiger partial charge in [0.05, 0.1) is 23.1 Å². The number of aliphatic hydroxyl groups is 1. The van der Waals surface area contributed by atoms with E-state index < -0.39 is 5.79 Å². The number of thioether (sulfide) groups is 1. The van der Waals surface area contributed by atoms with Crippen LogP contribution in [-0.4, -0.2) is 42.1 Å². The summed E-state index contributed by atoms with van der Waals surface area (Å²) in [5.41, 5.74) is 0.716. The third-order valence-corrected chi connectivity index (χ3v) is 4.98. The number of fused-ring (bicyclic) bond motifs is 1. The van der Waals surface area contributed by atoms with Crippen molar-refractivity contribution in [3.05, 3.63) is 16.6 Å². The zero-order valence-corrected chi connectivity index (χ0v) is 13.8. The molecule has 2 aromatic rings. The monoisotopic (exact) mass is 324 g/mol. The topological polar surface area (TPSA) is 64.5 Å². The molecule has 0 aliphatic carbocycles. The van der Waals surface area contributed by atoms with Crippen molar-refractivity contribution in [1.82, 2.24) is 9.97 Å². The Morgan fingerprint density at radius 2 is 2.29 bits per heavy atom. The number of nitrogens with zero attached hydrogens (tertiary/aromatic N) is 2. The third-order valence-electron chi connectivity index (χ3n) is 3.11. The van der Waals surface area contributed by atoms with E-state index in [0.717, 1.165) is 10.4 Å². The number of rotatable bonds is 7. The van der Waals surface area contributed by atoms with Crippen LogP contribution < -0.4 is 0 Å². The highest BCUT2D eigenvalue weighted by molar-refractivity contribution is 7.98. The van der Waals surface area contributed by atoms with Crippen molar-refractivity contribution >= 4 is 42.1 Å². The molecular formula is C13H17BN2O3S2. The molecule has 0 bridgehead atoms. The van der Waals surface area contributed by atoms with Crippen LogP contribution in [0.4, 0.5) is 0 Å². The van der Waals surface area contributed by atoms with Gasteiger partial charge >= 0.3 is 0 Å². The van der Waals surface area contributed by atoms with Gasteiger partial charge in [0.2, 0.25) is 5.79 Å². The fourth-order valence-corrected chi connectivity index (χ4v) is 3.66. The largest absolute Gasteiger partial charge is 0.445 e. The predicted molar refractivity (Wildman–Crippen MR) is 85.6 cm³/mol. The van der Waals surface area contributed by atoms with E-state index in [1.807, 2.05) is 18.6 Å². The highest BCUT2D eigenvalue weighted by Gasteiger charge is 2.32. The first-order valence-electron chi connectivity index (χ1n) is 6.52. The Balaban J connectivity index is 2.36. The van der Waals surface area contributed by atoms with Gasteiger partial charge in [0.15, 0.2) is 0 Å². The molecule has 21 heavy (non-hydrogen) atoms. The zero-order valence-electron chi connectivity index (χ0n) is 12.2. The number of aromatic nitrogens is 2. The molecule has 2 rings (SSSR count). The molecule has 2 atom stereocenters. The SMILES string of the molecule is [B]OCC(CC)OC(C)(O)c1scc2c(SC)ncnc12. The first kappa shape index (κ1) is 16.7. The highest BCUT2D eigenvalue weighted by Crippen LogP contribution is 2.37. The minimum atomic E-state index is -1.45. The molecule has 112 valence electrons.